The largest absolute Gasteiger partial charge is 0.414 e. The topological polar surface area (TPSA) is 18.5 Å². The third-order valence-corrected chi connectivity index (χ3v) is 9.01. The highest BCUT2D eigenvalue weighted by Crippen LogP contribution is 2.30. The van der Waals surface area contributed by atoms with Gasteiger partial charge in [-0.2, -0.15) is 0 Å². The Hall–Kier alpha value is 0.137. The molecule has 0 aliphatic carbocycles. The zero-order valence-electron chi connectivity index (χ0n) is 15.2. The van der Waals surface area contributed by atoms with E-state index >= 15 is 0 Å². The van der Waals surface area contributed by atoms with Crippen molar-refractivity contribution in [1.82, 2.24) is 0 Å². The zero-order valence-corrected chi connectivity index (χ0v) is 16.2. The Labute approximate surface area is 135 Å². The molecular weight excluding hydrogens is 276 g/mol. The lowest BCUT2D eigenvalue weighted by atomic mass is 10.3. The highest BCUT2D eigenvalue weighted by molar-refractivity contribution is 6.73. The van der Waals surface area contributed by atoms with E-state index in [1.165, 1.54) is 75.9 Å². The number of ether oxygens (including phenoxy) is 1. The molecule has 0 saturated carbocycles. The molecule has 0 unspecified atom stereocenters. The maximum absolute atomic E-state index is 6.52. The van der Waals surface area contributed by atoms with Crippen molar-refractivity contribution in [3.8, 4) is 0 Å². The van der Waals surface area contributed by atoms with Gasteiger partial charge in [-0.15, -0.1) is 0 Å². The fraction of sp³-hybridized carbons (Fsp3) is 1.00. The van der Waals surface area contributed by atoms with Crippen LogP contribution in [-0.2, 0) is 9.16 Å². The van der Waals surface area contributed by atoms with Crippen LogP contribution in [0.2, 0.25) is 18.1 Å². The molecule has 0 spiro atoms. The van der Waals surface area contributed by atoms with E-state index in [2.05, 4.69) is 20.8 Å². The van der Waals surface area contributed by atoms with Crippen molar-refractivity contribution < 1.29 is 9.16 Å². The number of hydrogen-bond acceptors (Lipinski definition) is 2. The van der Waals surface area contributed by atoms with Crippen molar-refractivity contribution in [3.63, 3.8) is 0 Å². The van der Waals surface area contributed by atoms with Crippen LogP contribution >= 0.6 is 0 Å². The molecule has 0 saturated heterocycles. The molecule has 128 valence electrons. The van der Waals surface area contributed by atoms with Crippen LogP contribution in [0.3, 0.4) is 0 Å². The summed E-state index contributed by atoms with van der Waals surface area (Å²) in [4.78, 5) is 0. The van der Waals surface area contributed by atoms with Gasteiger partial charge in [0, 0.05) is 7.11 Å². The third-order valence-electron chi connectivity index (χ3n) is 4.40. The van der Waals surface area contributed by atoms with Crippen LogP contribution in [0.4, 0.5) is 0 Å². The summed E-state index contributed by atoms with van der Waals surface area (Å²) < 4.78 is 11.7. The van der Waals surface area contributed by atoms with Crippen LogP contribution in [0.5, 0.6) is 0 Å². The summed E-state index contributed by atoms with van der Waals surface area (Å²) in [5.74, 6) is 0. The summed E-state index contributed by atoms with van der Waals surface area (Å²) in [6.45, 7) is 8.45. The Balaban J connectivity index is 4.52. The first-order valence-electron chi connectivity index (χ1n) is 9.37. The van der Waals surface area contributed by atoms with Crippen LogP contribution in [0.15, 0.2) is 0 Å². The number of hydrogen-bond donors (Lipinski definition) is 0. The van der Waals surface area contributed by atoms with Gasteiger partial charge >= 0.3 is 0 Å². The molecule has 0 atom stereocenters. The molecule has 0 aliphatic rings. The second-order valence-electron chi connectivity index (χ2n) is 6.40. The van der Waals surface area contributed by atoms with E-state index in [0.717, 1.165) is 13.2 Å². The highest BCUT2D eigenvalue weighted by atomic mass is 28.4. The zero-order chi connectivity index (χ0) is 15.8. The summed E-state index contributed by atoms with van der Waals surface area (Å²) >= 11 is 0. The summed E-state index contributed by atoms with van der Waals surface area (Å²) in [6, 6.07) is 4.12. The lowest BCUT2D eigenvalue weighted by molar-refractivity contribution is 0.140. The third kappa shape index (κ3) is 11.4. The second-order valence-corrected chi connectivity index (χ2v) is 10.6. The highest BCUT2D eigenvalue weighted by Gasteiger charge is 2.33. The van der Waals surface area contributed by atoms with Crippen LogP contribution in [-0.4, -0.2) is 28.6 Å². The van der Waals surface area contributed by atoms with Crippen LogP contribution in [0.25, 0.3) is 0 Å². The predicted octanol–water partition coefficient (Wildman–Crippen LogP) is 6.17. The molecule has 2 nitrogen and oxygen atoms in total. The molecule has 0 bridgehead atoms. The first-order valence-corrected chi connectivity index (χ1v) is 11.9. The Morgan fingerprint density at radius 1 is 0.619 bits per heavy atom. The first kappa shape index (κ1) is 21.1. The molecule has 0 rings (SSSR count). The van der Waals surface area contributed by atoms with Crippen molar-refractivity contribution in [2.24, 2.45) is 0 Å². The Bertz CT molecular complexity index is 164. The molecule has 0 aliphatic heterocycles. The van der Waals surface area contributed by atoms with E-state index in [9.17, 15) is 0 Å². The van der Waals surface area contributed by atoms with Gasteiger partial charge in [0.1, 0.15) is 0 Å². The standard InChI is InChI=1S/C18H40O2Si/c1-5-8-11-16-21(17-12-9-6-2,18-13-10-7-3)20-15-14-19-4/h5-18H2,1-4H3. The van der Waals surface area contributed by atoms with Gasteiger partial charge in [0.25, 0.3) is 0 Å². The lowest BCUT2D eigenvalue weighted by Crippen LogP contribution is -2.39. The smallest absolute Gasteiger partial charge is 0.192 e. The van der Waals surface area contributed by atoms with Crippen molar-refractivity contribution in [2.45, 2.75) is 96.7 Å². The maximum atomic E-state index is 6.52. The molecule has 0 radical (unpaired) electrons. The summed E-state index contributed by atoms with van der Waals surface area (Å²) in [5, 5.41) is 0. The maximum Gasteiger partial charge on any atom is 0.192 e. The van der Waals surface area contributed by atoms with Crippen molar-refractivity contribution in [3.05, 3.63) is 0 Å². The summed E-state index contributed by atoms with van der Waals surface area (Å²) in [7, 11) is 0.251. The molecule has 0 aromatic heterocycles. The van der Waals surface area contributed by atoms with Crippen molar-refractivity contribution in [1.29, 1.82) is 0 Å². The second kappa shape index (κ2) is 15.0. The van der Waals surface area contributed by atoms with Gasteiger partial charge in [0.15, 0.2) is 8.32 Å². The molecule has 0 fully saturated rings. The molecule has 0 amide bonds. The fourth-order valence-electron chi connectivity index (χ4n) is 3.02. The minimum absolute atomic E-state index is 0.754. The van der Waals surface area contributed by atoms with E-state index in [-0.39, 0.29) is 0 Å². The SMILES string of the molecule is CCCCC[Si](CCCCC)(CCCCC)OCCOC. The Kier molecular flexibility index (Phi) is 15.1. The van der Waals surface area contributed by atoms with Gasteiger partial charge in [-0.1, -0.05) is 78.6 Å². The van der Waals surface area contributed by atoms with Gasteiger partial charge in [-0.3, -0.25) is 0 Å². The minimum Gasteiger partial charge on any atom is -0.414 e. The molecular formula is C18H40O2Si. The van der Waals surface area contributed by atoms with E-state index in [0.29, 0.717) is 0 Å². The van der Waals surface area contributed by atoms with Crippen LogP contribution in [0.1, 0.15) is 78.6 Å². The Morgan fingerprint density at radius 3 is 1.38 bits per heavy atom. The van der Waals surface area contributed by atoms with Gasteiger partial charge in [-0.25, -0.2) is 0 Å². The van der Waals surface area contributed by atoms with Crippen LogP contribution in [0, 0.1) is 0 Å². The summed E-state index contributed by atoms with van der Waals surface area (Å²) in [5.41, 5.74) is 0. The van der Waals surface area contributed by atoms with Crippen LogP contribution < -0.4 is 0 Å². The monoisotopic (exact) mass is 316 g/mol. The molecule has 3 heteroatoms. The summed E-state index contributed by atoms with van der Waals surface area (Å²) in [6.07, 6.45) is 12.1. The van der Waals surface area contributed by atoms with E-state index in [4.69, 9.17) is 9.16 Å². The molecule has 0 aromatic rings. The van der Waals surface area contributed by atoms with Crippen molar-refractivity contribution in [2.75, 3.05) is 20.3 Å². The average molecular weight is 317 g/mol. The van der Waals surface area contributed by atoms with E-state index in [1.54, 1.807) is 7.11 Å². The molecule has 0 heterocycles. The van der Waals surface area contributed by atoms with Gasteiger partial charge < -0.3 is 9.16 Å². The molecule has 0 N–H and O–H groups in total. The normalized spacial score (nSPS) is 12.0. The van der Waals surface area contributed by atoms with E-state index in [1.807, 2.05) is 0 Å². The Morgan fingerprint density at radius 2 is 1.05 bits per heavy atom. The number of rotatable bonds is 16. The average Bonchev–Trinajstić information content (AvgIpc) is 2.48. The predicted molar refractivity (Wildman–Crippen MR) is 96.6 cm³/mol. The minimum atomic E-state index is -1.52. The molecule has 0 aromatic carbocycles. The molecule has 21 heavy (non-hydrogen) atoms. The van der Waals surface area contributed by atoms with Gasteiger partial charge in [0.2, 0.25) is 0 Å². The number of methoxy groups -OCH3 is 1. The quantitative estimate of drug-likeness (QED) is 0.250. The number of unbranched alkanes of at least 4 members (excludes halogenated alkanes) is 6. The van der Waals surface area contributed by atoms with Gasteiger partial charge in [-0.05, 0) is 18.1 Å². The van der Waals surface area contributed by atoms with E-state index < -0.39 is 8.32 Å². The fourth-order valence-corrected chi connectivity index (χ4v) is 7.41. The van der Waals surface area contributed by atoms with Crippen molar-refractivity contribution >= 4 is 8.32 Å². The van der Waals surface area contributed by atoms with Gasteiger partial charge in [0.05, 0.1) is 13.2 Å². The first-order chi connectivity index (χ1) is 10.2. The lowest BCUT2D eigenvalue weighted by Gasteiger charge is -2.32.